The van der Waals surface area contributed by atoms with Crippen LogP contribution in [-0.4, -0.2) is 28.1 Å². The van der Waals surface area contributed by atoms with Crippen molar-refractivity contribution in [2.24, 2.45) is 11.1 Å². The molecule has 2 aromatic rings. The highest BCUT2D eigenvalue weighted by Crippen LogP contribution is 2.35. The van der Waals surface area contributed by atoms with Gasteiger partial charge in [-0.15, -0.1) is 12.4 Å². The normalized spacial score (nSPS) is 21.3. The van der Waals surface area contributed by atoms with Gasteiger partial charge < -0.3 is 10.3 Å². The van der Waals surface area contributed by atoms with Crippen molar-refractivity contribution in [2.75, 3.05) is 13.1 Å². The van der Waals surface area contributed by atoms with Crippen LogP contribution in [0.4, 0.5) is 0 Å². The van der Waals surface area contributed by atoms with Crippen molar-refractivity contribution in [3.63, 3.8) is 0 Å². The number of likely N-dealkylation sites (tertiary alicyclic amines) is 1. The molecule has 1 aliphatic rings. The predicted molar refractivity (Wildman–Crippen MR) is 92.2 cm³/mol. The van der Waals surface area contributed by atoms with Crippen LogP contribution in [0, 0.1) is 5.41 Å². The third-order valence-corrected chi connectivity index (χ3v) is 4.55. The van der Waals surface area contributed by atoms with Gasteiger partial charge in [-0.25, -0.2) is 0 Å². The van der Waals surface area contributed by atoms with Gasteiger partial charge in [0.25, 0.3) is 0 Å². The first-order valence-electron chi connectivity index (χ1n) is 7.95. The number of nitrogens with zero attached hydrogens (tertiary/aromatic N) is 3. The molecule has 1 aliphatic heterocycles. The molecule has 1 aromatic heterocycles. The molecule has 5 nitrogen and oxygen atoms in total. The van der Waals surface area contributed by atoms with E-state index in [-0.39, 0.29) is 12.4 Å². The molecule has 1 aromatic carbocycles. The van der Waals surface area contributed by atoms with Crippen molar-refractivity contribution in [3.05, 3.63) is 47.6 Å². The molecule has 0 saturated carbocycles. The molecule has 0 spiro atoms. The van der Waals surface area contributed by atoms with Crippen molar-refractivity contribution >= 4 is 12.4 Å². The van der Waals surface area contributed by atoms with E-state index in [1.807, 2.05) is 0 Å². The van der Waals surface area contributed by atoms with E-state index in [0.717, 1.165) is 31.9 Å². The van der Waals surface area contributed by atoms with Gasteiger partial charge in [-0.05, 0) is 36.8 Å². The topological polar surface area (TPSA) is 68.2 Å². The molecule has 1 saturated heterocycles. The van der Waals surface area contributed by atoms with Gasteiger partial charge in [0.2, 0.25) is 5.89 Å². The zero-order valence-electron chi connectivity index (χ0n) is 13.6. The highest BCUT2D eigenvalue weighted by atomic mass is 35.5. The Balaban J connectivity index is 0.00000192. The molecule has 1 unspecified atom stereocenters. The van der Waals surface area contributed by atoms with Crippen LogP contribution in [-0.2, 0) is 19.5 Å². The zero-order valence-corrected chi connectivity index (χ0v) is 14.4. The summed E-state index contributed by atoms with van der Waals surface area (Å²) >= 11 is 0. The lowest BCUT2D eigenvalue weighted by molar-refractivity contribution is 0.249. The Morgan fingerprint density at radius 2 is 2.09 bits per heavy atom. The van der Waals surface area contributed by atoms with E-state index >= 15 is 0 Å². The van der Waals surface area contributed by atoms with Crippen LogP contribution in [0.5, 0.6) is 0 Å². The summed E-state index contributed by atoms with van der Waals surface area (Å²) in [7, 11) is 0. The smallest absolute Gasteiger partial charge is 0.240 e. The lowest BCUT2D eigenvalue weighted by Gasteiger charge is -2.24. The second-order valence-electron chi connectivity index (χ2n) is 6.57. The van der Waals surface area contributed by atoms with E-state index in [1.165, 1.54) is 18.4 Å². The van der Waals surface area contributed by atoms with E-state index in [0.29, 0.717) is 17.9 Å². The Hall–Kier alpha value is -1.43. The molecule has 6 heteroatoms. The number of benzene rings is 1. The fraction of sp³-hybridized carbons (Fsp3) is 0.529. The molecule has 3 rings (SSSR count). The van der Waals surface area contributed by atoms with Crippen molar-refractivity contribution in [1.82, 2.24) is 15.0 Å². The molecule has 0 bridgehead atoms. The fourth-order valence-corrected chi connectivity index (χ4v) is 3.19. The average molecular weight is 337 g/mol. The number of aryl methyl sites for hydroxylation is 1. The molecule has 0 amide bonds. The third kappa shape index (κ3) is 4.77. The molecule has 2 N–H and O–H groups in total. The third-order valence-electron chi connectivity index (χ3n) is 4.55. The second kappa shape index (κ2) is 7.90. The van der Waals surface area contributed by atoms with Crippen LogP contribution in [0.25, 0.3) is 0 Å². The number of hydrogen-bond acceptors (Lipinski definition) is 5. The molecule has 2 heterocycles. The van der Waals surface area contributed by atoms with Gasteiger partial charge in [-0.1, -0.05) is 42.4 Å². The van der Waals surface area contributed by atoms with Gasteiger partial charge in [-0.2, -0.15) is 4.98 Å². The van der Waals surface area contributed by atoms with Gasteiger partial charge in [-0.3, -0.25) is 4.90 Å². The Bertz CT molecular complexity index is 604. The zero-order chi connectivity index (χ0) is 15.4. The van der Waals surface area contributed by atoms with Crippen molar-refractivity contribution < 1.29 is 4.52 Å². The quantitative estimate of drug-likeness (QED) is 0.878. The SMILES string of the molecule is CC1(CCc2ccccc2)CCN(Cc2noc(CN)n2)C1.Cl. The van der Waals surface area contributed by atoms with Gasteiger partial charge >= 0.3 is 0 Å². The average Bonchev–Trinajstić information content (AvgIpc) is 3.14. The molecule has 1 fully saturated rings. The maximum atomic E-state index is 5.50. The van der Waals surface area contributed by atoms with Gasteiger partial charge in [0.05, 0.1) is 13.1 Å². The maximum absolute atomic E-state index is 5.50. The van der Waals surface area contributed by atoms with Crippen molar-refractivity contribution in [1.29, 1.82) is 0 Å². The van der Waals surface area contributed by atoms with E-state index < -0.39 is 0 Å². The van der Waals surface area contributed by atoms with Crippen LogP contribution in [0.2, 0.25) is 0 Å². The molecule has 1 atom stereocenters. The van der Waals surface area contributed by atoms with Crippen LogP contribution in [0.1, 0.15) is 37.0 Å². The molecular weight excluding hydrogens is 312 g/mol. The molecule has 0 radical (unpaired) electrons. The predicted octanol–water partition coefficient (Wildman–Crippen LogP) is 2.79. The Labute approximate surface area is 143 Å². The first-order chi connectivity index (χ1) is 10.7. The highest BCUT2D eigenvalue weighted by Gasteiger charge is 2.33. The number of halogens is 1. The number of rotatable bonds is 6. The fourth-order valence-electron chi connectivity index (χ4n) is 3.19. The lowest BCUT2D eigenvalue weighted by Crippen LogP contribution is -2.25. The van der Waals surface area contributed by atoms with E-state index in [2.05, 4.69) is 52.3 Å². The minimum atomic E-state index is 0. The Morgan fingerprint density at radius 3 is 2.78 bits per heavy atom. The standard InChI is InChI=1S/C17H24N4O.ClH/c1-17(8-7-14-5-3-2-4-6-14)9-10-21(13-17)12-15-19-16(11-18)22-20-15;/h2-6H,7-13,18H2,1H3;1H. The monoisotopic (exact) mass is 336 g/mol. The van der Waals surface area contributed by atoms with Crippen LogP contribution in [0.15, 0.2) is 34.9 Å². The molecule has 23 heavy (non-hydrogen) atoms. The highest BCUT2D eigenvalue weighted by molar-refractivity contribution is 5.85. The lowest BCUT2D eigenvalue weighted by atomic mass is 9.83. The summed E-state index contributed by atoms with van der Waals surface area (Å²) in [5, 5.41) is 3.98. The minimum Gasteiger partial charge on any atom is -0.338 e. The number of nitrogens with two attached hydrogens (primary N) is 1. The number of hydrogen-bond donors (Lipinski definition) is 1. The summed E-state index contributed by atoms with van der Waals surface area (Å²) < 4.78 is 5.07. The second-order valence-corrected chi connectivity index (χ2v) is 6.57. The van der Waals surface area contributed by atoms with Crippen LogP contribution < -0.4 is 5.73 Å². The van der Waals surface area contributed by atoms with Crippen LogP contribution in [0.3, 0.4) is 0 Å². The number of aromatic nitrogens is 2. The largest absolute Gasteiger partial charge is 0.338 e. The minimum absolute atomic E-state index is 0. The summed E-state index contributed by atoms with van der Waals surface area (Å²) in [4.78, 5) is 6.70. The summed E-state index contributed by atoms with van der Waals surface area (Å²) in [6.07, 6.45) is 3.58. The summed E-state index contributed by atoms with van der Waals surface area (Å²) in [6, 6.07) is 10.7. The summed E-state index contributed by atoms with van der Waals surface area (Å²) in [5.41, 5.74) is 7.29. The van der Waals surface area contributed by atoms with E-state index in [9.17, 15) is 0 Å². The summed E-state index contributed by atoms with van der Waals surface area (Å²) in [6.45, 7) is 5.63. The first-order valence-corrected chi connectivity index (χ1v) is 7.95. The Kier molecular flexibility index (Phi) is 6.16. The molecule has 126 valence electrons. The van der Waals surface area contributed by atoms with Gasteiger partial charge in [0.15, 0.2) is 5.82 Å². The van der Waals surface area contributed by atoms with E-state index in [4.69, 9.17) is 10.3 Å². The first kappa shape index (κ1) is 17.9. The van der Waals surface area contributed by atoms with Gasteiger partial charge in [0, 0.05) is 6.54 Å². The van der Waals surface area contributed by atoms with E-state index in [1.54, 1.807) is 0 Å². The summed E-state index contributed by atoms with van der Waals surface area (Å²) in [5.74, 6) is 1.26. The van der Waals surface area contributed by atoms with Crippen molar-refractivity contribution in [3.8, 4) is 0 Å². The molecule has 0 aliphatic carbocycles. The van der Waals surface area contributed by atoms with Gasteiger partial charge in [0.1, 0.15) is 0 Å². The van der Waals surface area contributed by atoms with Crippen molar-refractivity contribution in [2.45, 2.75) is 39.3 Å². The maximum Gasteiger partial charge on any atom is 0.240 e. The Morgan fingerprint density at radius 1 is 1.30 bits per heavy atom. The molecular formula is C17H25ClN4O. The van der Waals surface area contributed by atoms with Crippen LogP contribution >= 0.6 is 12.4 Å².